The van der Waals surface area contributed by atoms with Crippen LogP contribution in [0.15, 0.2) is 36.7 Å². The van der Waals surface area contributed by atoms with Gasteiger partial charge >= 0.3 is 0 Å². The maximum absolute atomic E-state index is 9.17. The number of hydrogen-bond acceptors (Lipinski definition) is 5. The smallest absolute Gasteiger partial charge is 0.159 e. The molecule has 2 rings (SSSR count). The van der Waals surface area contributed by atoms with Gasteiger partial charge < -0.3 is 15.6 Å². The Kier molecular flexibility index (Phi) is 3.52. The quantitative estimate of drug-likeness (QED) is 0.826. The number of phenols is 1. The van der Waals surface area contributed by atoms with Crippen LogP contribution in [0.25, 0.3) is 11.4 Å². The fourth-order valence-corrected chi connectivity index (χ4v) is 1.33. The Hall–Kier alpha value is -2.14. The molecule has 0 atom stereocenters. The molecule has 0 saturated carbocycles. The first-order valence-electron chi connectivity index (χ1n) is 5.24. The van der Waals surface area contributed by atoms with Gasteiger partial charge in [0.1, 0.15) is 12.4 Å². The molecule has 2 aromatic rings. The summed E-state index contributed by atoms with van der Waals surface area (Å²) in [6.07, 6.45) is 3.20. The van der Waals surface area contributed by atoms with E-state index in [0.29, 0.717) is 24.7 Å². The van der Waals surface area contributed by atoms with Gasteiger partial charge in [-0.05, 0) is 24.3 Å². The van der Waals surface area contributed by atoms with E-state index in [9.17, 15) is 5.11 Å². The van der Waals surface area contributed by atoms with Gasteiger partial charge in [-0.3, -0.25) is 0 Å². The van der Waals surface area contributed by atoms with Crippen LogP contribution in [0.5, 0.6) is 11.5 Å². The van der Waals surface area contributed by atoms with Gasteiger partial charge in [-0.2, -0.15) is 0 Å². The molecule has 0 saturated heterocycles. The average molecular weight is 231 g/mol. The van der Waals surface area contributed by atoms with Crippen molar-refractivity contribution < 1.29 is 9.84 Å². The highest BCUT2D eigenvalue weighted by molar-refractivity contribution is 5.55. The van der Waals surface area contributed by atoms with Crippen LogP contribution in [0, 0.1) is 0 Å². The molecule has 17 heavy (non-hydrogen) atoms. The van der Waals surface area contributed by atoms with Gasteiger partial charge in [0.15, 0.2) is 11.6 Å². The molecule has 88 valence electrons. The first-order chi connectivity index (χ1) is 8.29. The van der Waals surface area contributed by atoms with Gasteiger partial charge in [-0.15, -0.1) is 0 Å². The van der Waals surface area contributed by atoms with Gasteiger partial charge in [-0.1, -0.05) is 0 Å². The third kappa shape index (κ3) is 2.92. The molecule has 0 unspecified atom stereocenters. The predicted octanol–water partition coefficient (Wildman–Crippen LogP) is 1.19. The summed E-state index contributed by atoms with van der Waals surface area (Å²) in [6, 6.07) is 6.70. The van der Waals surface area contributed by atoms with Crippen molar-refractivity contribution in [3.63, 3.8) is 0 Å². The highest BCUT2D eigenvalue weighted by atomic mass is 16.5. The molecule has 0 spiro atoms. The van der Waals surface area contributed by atoms with Crippen LogP contribution < -0.4 is 10.5 Å². The molecule has 0 aliphatic heterocycles. The van der Waals surface area contributed by atoms with Crippen molar-refractivity contribution in [2.45, 2.75) is 0 Å². The van der Waals surface area contributed by atoms with Crippen molar-refractivity contribution in [1.82, 2.24) is 9.97 Å². The van der Waals surface area contributed by atoms with E-state index in [0.717, 1.165) is 5.56 Å². The van der Waals surface area contributed by atoms with E-state index in [1.54, 1.807) is 36.7 Å². The minimum Gasteiger partial charge on any atom is -0.508 e. The number of aromatic hydroxyl groups is 1. The third-order valence-corrected chi connectivity index (χ3v) is 2.14. The number of benzene rings is 1. The van der Waals surface area contributed by atoms with Crippen molar-refractivity contribution in [2.24, 2.45) is 5.73 Å². The van der Waals surface area contributed by atoms with E-state index in [1.807, 2.05) is 0 Å². The summed E-state index contributed by atoms with van der Waals surface area (Å²) in [4.78, 5) is 8.35. The van der Waals surface area contributed by atoms with Crippen LogP contribution in [0.1, 0.15) is 0 Å². The highest BCUT2D eigenvalue weighted by Gasteiger charge is 2.01. The Morgan fingerprint density at radius 2 is 1.76 bits per heavy atom. The fourth-order valence-electron chi connectivity index (χ4n) is 1.33. The van der Waals surface area contributed by atoms with E-state index < -0.39 is 0 Å². The second kappa shape index (κ2) is 5.27. The minimum absolute atomic E-state index is 0.219. The summed E-state index contributed by atoms with van der Waals surface area (Å²) in [5.74, 6) is 1.40. The molecule has 5 nitrogen and oxygen atoms in total. The zero-order valence-corrected chi connectivity index (χ0v) is 9.21. The normalized spacial score (nSPS) is 10.2. The Bertz CT molecular complexity index is 468. The summed E-state index contributed by atoms with van der Waals surface area (Å²) >= 11 is 0. The van der Waals surface area contributed by atoms with Crippen molar-refractivity contribution in [1.29, 1.82) is 0 Å². The first-order valence-corrected chi connectivity index (χ1v) is 5.24. The summed E-state index contributed by atoms with van der Waals surface area (Å²) in [5.41, 5.74) is 6.16. The molecule has 0 aliphatic rings. The third-order valence-electron chi connectivity index (χ3n) is 2.14. The first kappa shape index (κ1) is 11.3. The van der Waals surface area contributed by atoms with Crippen molar-refractivity contribution in [3.05, 3.63) is 36.7 Å². The van der Waals surface area contributed by atoms with Gasteiger partial charge in [0, 0.05) is 12.1 Å². The number of nitrogens with two attached hydrogens (primary N) is 1. The lowest BCUT2D eigenvalue weighted by Gasteiger charge is -2.04. The number of hydrogen-bond donors (Lipinski definition) is 2. The number of rotatable bonds is 4. The Balaban J connectivity index is 2.14. The maximum Gasteiger partial charge on any atom is 0.159 e. The van der Waals surface area contributed by atoms with Crippen LogP contribution in [0.2, 0.25) is 0 Å². The molecule has 0 aliphatic carbocycles. The predicted molar refractivity (Wildman–Crippen MR) is 63.7 cm³/mol. The van der Waals surface area contributed by atoms with Gasteiger partial charge in [0.2, 0.25) is 0 Å². The van der Waals surface area contributed by atoms with Crippen LogP contribution in [-0.4, -0.2) is 28.2 Å². The molecular weight excluding hydrogens is 218 g/mol. The van der Waals surface area contributed by atoms with Crippen molar-refractivity contribution in [2.75, 3.05) is 13.2 Å². The molecule has 1 aromatic heterocycles. The monoisotopic (exact) mass is 231 g/mol. The lowest BCUT2D eigenvalue weighted by Crippen LogP contribution is -2.10. The number of phenolic OH excluding ortho intramolecular Hbond substituents is 1. The fraction of sp³-hybridized carbons (Fsp3) is 0.167. The number of nitrogens with zero attached hydrogens (tertiary/aromatic N) is 2. The standard InChI is InChI=1S/C12H13N3O2/c13-5-6-17-11-7-14-12(15-8-11)9-1-3-10(16)4-2-9/h1-4,7-8,16H,5-6,13H2. The van der Waals surface area contributed by atoms with Crippen LogP contribution in [0.4, 0.5) is 0 Å². The average Bonchev–Trinajstić information content (AvgIpc) is 2.38. The maximum atomic E-state index is 9.17. The lowest BCUT2D eigenvalue weighted by atomic mass is 10.2. The molecular formula is C12H13N3O2. The van der Waals surface area contributed by atoms with Crippen LogP contribution in [-0.2, 0) is 0 Å². The molecule has 1 heterocycles. The molecule has 1 aromatic carbocycles. The molecule has 0 radical (unpaired) electrons. The van der Waals surface area contributed by atoms with Gasteiger partial charge in [-0.25, -0.2) is 9.97 Å². The SMILES string of the molecule is NCCOc1cnc(-c2ccc(O)cc2)nc1. The molecule has 0 amide bonds. The second-order valence-corrected chi connectivity index (χ2v) is 3.43. The number of ether oxygens (including phenoxy) is 1. The summed E-state index contributed by atoms with van der Waals surface area (Å²) < 4.78 is 5.28. The molecule has 0 fully saturated rings. The van der Waals surface area contributed by atoms with Crippen molar-refractivity contribution in [3.8, 4) is 22.9 Å². The Morgan fingerprint density at radius 3 is 2.35 bits per heavy atom. The largest absolute Gasteiger partial charge is 0.508 e. The zero-order valence-electron chi connectivity index (χ0n) is 9.21. The Labute approximate surface area is 98.9 Å². The highest BCUT2D eigenvalue weighted by Crippen LogP contribution is 2.19. The van der Waals surface area contributed by atoms with Crippen molar-refractivity contribution >= 4 is 0 Å². The summed E-state index contributed by atoms with van der Waals surface area (Å²) in [6.45, 7) is 0.904. The summed E-state index contributed by atoms with van der Waals surface area (Å²) in [5, 5.41) is 9.17. The van der Waals surface area contributed by atoms with Gasteiger partial charge in [0.05, 0.1) is 12.4 Å². The van der Waals surface area contributed by atoms with E-state index in [-0.39, 0.29) is 5.75 Å². The second-order valence-electron chi connectivity index (χ2n) is 3.43. The minimum atomic E-state index is 0.219. The summed E-state index contributed by atoms with van der Waals surface area (Å²) in [7, 11) is 0. The van der Waals surface area contributed by atoms with E-state index >= 15 is 0 Å². The molecule has 3 N–H and O–H groups in total. The van der Waals surface area contributed by atoms with E-state index in [4.69, 9.17) is 10.5 Å². The lowest BCUT2D eigenvalue weighted by molar-refractivity contribution is 0.325. The van der Waals surface area contributed by atoms with E-state index in [2.05, 4.69) is 9.97 Å². The Morgan fingerprint density at radius 1 is 1.12 bits per heavy atom. The van der Waals surface area contributed by atoms with Gasteiger partial charge in [0.25, 0.3) is 0 Å². The van der Waals surface area contributed by atoms with E-state index in [1.165, 1.54) is 0 Å². The zero-order chi connectivity index (χ0) is 12.1. The topological polar surface area (TPSA) is 81.3 Å². The molecule has 0 bridgehead atoms. The van der Waals surface area contributed by atoms with Crippen LogP contribution >= 0.6 is 0 Å². The van der Waals surface area contributed by atoms with Crippen LogP contribution in [0.3, 0.4) is 0 Å². The molecule has 5 heteroatoms. The number of aromatic nitrogens is 2.